The van der Waals surface area contributed by atoms with Crippen LogP contribution < -0.4 is 0 Å². The van der Waals surface area contributed by atoms with E-state index in [1.54, 1.807) is 0 Å². The van der Waals surface area contributed by atoms with E-state index in [-0.39, 0.29) is 0 Å². The molecule has 0 saturated heterocycles. The molecule has 0 unspecified atom stereocenters. The van der Waals surface area contributed by atoms with Crippen LogP contribution in [0, 0.1) is 0 Å². The fourth-order valence-electron chi connectivity index (χ4n) is 2.58. The van der Waals surface area contributed by atoms with Crippen molar-refractivity contribution in [3.05, 3.63) is 0 Å². The SMILES string of the molecule is CCCCCCC[PH-](CCCCCCC)OCC[N+](C)(C)C. The molecule has 0 rings (SSSR count). The summed E-state index contributed by atoms with van der Waals surface area (Å²) in [5, 5.41) is 0. The van der Waals surface area contributed by atoms with Gasteiger partial charge in [-0.2, -0.15) is 0 Å². The Morgan fingerprint density at radius 1 is 0.682 bits per heavy atom. The molecule has 0 radical (unpaired) electrons. The van der Waals surface area contributed by atoms with Gasteiger partial charge in [0, 0.05) is 0 Å². The topological polar surface area (TPSA) is 9.23 Å². The second kappa shape index (κ2) is 14.9. The Morgan fingerprint density at radius 3 is 1.55 bits per heavy atom. The first-order valence-electron chi connectivity index (χ1n) is 9.77. The van der Waals surface area contributed by atoms with Crippen molar-refractivity contribution >= 4 is 8.15 Å². The van der Waals surface area contributed by atoms with Crippen LogP contribution in [0.5, 0.6) is 0 Å². The van der Waals surface area contributed by atoms with Gasteiger partial charge in [0.05, 0.1) is 0 Å². The van der Waals surface area contributed by atoms with Gasteiger partial charge in [-0.05, 0) is 0 Å². The number of hydrogen-bond acceptors (Lipinski definition) is 1. The standard InChI is InChI=1S/C19H44NOP/c1-6-8-10-12-14-18-22(19-15-13-11-9-7-2)21-17-16-20(3,4)5/h22H,6-19H2,1-5H3. The summed E-state index contributed by atoms with van der Waals surface area (Å²) in [5.41, 5.74) is 0. The first-order valence-corrected chi connectivity index (χ1v) is 11.6. The van der Waals surface area contributed by atoms with Crippen molar-refractivity contribution in [2.75, 3.05) is 46.6 Å². The van der Waals surface area contributed by atoms with E-state index in [0.29, 0.717) is 0 Å². The van der Waals surface area contributed by atoms with Crippen LogP contribution in [0.2, 0.25) is 0 Å². The van der Waals surface area contributed by atoms with Crippen molar-refractivity contribution in [3.63, 3.8) is 0 Å². The second-order valence-corrected chi connectivity index (χ2v) is 10.1. The van der Waals surface area contributed by atoms with Gasteiger partial charge in [0.1, 0.15) is 0 Å². The van der Waals surface area contributed by atoms with Gasteiger partial charge in [-0.25, -0.2) is 0 Å². The van der Waals surface area contributed by atoms with Crippen LogP contribution in [-0.2, 0) is 4.52 Å². The third kappa shape index (κ3) is 16.7. The summed E-state index contributed by atoms with van der Waals surface area (Å²) in [4.78, 5) is 0. The summed E-state index contributed by atoms with van der Waals surface area (Å²) >= 11 is 0. The Bertz CT molecular complexity index is 214. The summed E-state index contributed by atoms with van der Waals surface area (Å²) in [6.07, 6.45) is 16.7. The zero-order valence-corrected chi connectivity index (χ0v) is 17.3. The van der Waals surface area contributed by atoms with Crippen molar-refractivity contribution in [1.29, 1.82) is 0 Å². The van der Waals surface area contributed by atoms with E-state index in [1.807, 2.05) is 0 Å². The predicted octanol–water partition coefficient (Wildman–Crippen LogP) is 5.78. The van der Waals surface area contributed by atoms with Crippen molar-refractivity contribution < 1.29 is 9.01 Å². The molecule has 0 amide bonds. The Morgan fingerprint density at radius 2 is 1.14 bits per heavy atom. The van der Waals surface area contributed by atoms with Crippen molar-refractivity contribution in [3.8, 4) is 0 Å². The zero-order valence-electron chi connectivity index (χ0n) is 16.3. The molecule has 2 nitrogen and oxygen atoms in total. The fourth-order valence-corrected chi connectivity index (χ4v) is 4.79. The van der Waals surface area contributed by atoms with Gasteiger partial charge in [-0.15, -0.1) is 0 Å². The maximum atomic E-state index is 6.32. The van der Waals surface area contributed by atoms with E-state index >= 15 is 0 Å². The van der Waals surface area contributed by atoms with Gasteiger partial charge < -0.3 is 0 Å². The van der Waals surface area contributed by atoms with Gasteiger partial charge >= 0.3 is 142 Å². The molecule has 0 atom stereocenters. The third-order valence-corrected chi connectivity index (χ3v) is 6.62. The van der Waals surface area contributed by atoms with E-state index < -0.39 is 8.15 Å². The van der Waals surface area contributed by atoms with Gasteiger partial charge in [0.2, 0.25) is 0 Å². The van der Waals surface area contributed by atoms with Crippen LogP contribution in [0.15, 0.2) is 0 Å². The number of hydrogen-bond donors (Lipinski definition) is 0. The van der Waals surface area contributed by atoms with Crippen LogP contribution in [0.3, 0.4) is 0 Å². The number of rotatable bonds is 16. The van der Waals surface area contributed by atoms with Crippen LogP contribution in [0.25, 0.3) is 0 Å². The number of quaternary nitrogens is 1. The zero-order chi connectivity index (χ0) is 16.7. The summed E-state index contributed by atoms with van der Waals surface area (Å²) in [6, 6.07) is 0. The van der Waals surface area contributed by atoms with Crippen molar-refractivity contribution in [1.82, 2.24) is 0 Å². The Labute approximate surface area is 142 Å². The summed E-state index contributed by atoms with van der Waals surface area (Å²) in [5.74, 6) is 0. The molecule has 0 aliphatic rings. The van der Waals surface area contributed by atoms with Crippen LogP contribution in [0.4, 0.5) is 0 Å². The Hall–Kier alpha value is 0.350. The molecule has 0 N–H and O–H groups in total. The molecule has 0 spiro atoms. The van der Waals surface area contributed by atoms with Gasteiger partial charge in [-0.3, -0.25) is 0 Å². The molecule has 22 heavy (non-hydrogen) atoms. The Kier molecular flexibility index (Phi) is 15.1. The molecule has 0 bridgehead atoms. The first kappa shape index (κ1) is 22.4. The third-order valence-electron chi connectivity index (χ3n) is 4.19. The number of likely N-dealkylation sites (N-methyl/N-ethyl adjacent to an activating group) is 1. The fraction of sp³-hybridized carbons (Fsp3) is 1.00. The second-order valence-electron chi connectivity index (χ2n) is 7.73. The molecule has 0 aliphatic carbocycles. The summed E-state index contributed by atoms with van der Waals surface area (Å²) in [6.45, 7) is 6.68. The quantitative estimate of drug-likeness (QED) is 0.198. The molecule has 0 saturated carbocycles. The molecular formula is C19H44NOP. The van der Waals surface area contributed by atoms with Gasteiger partial charge in [0.15, 0.2) is 0 Å². The average molecular weight is 334 g/mol. The normalized spacial score (nSPS) is 12.7. The van der Waals surface area contributed by atoms with E-state index in [4.69, 9.17) is 4.52 Å². The average Bonchev–Trinajstić information content (AvgIpc) is 2.44. The van der Waals surface area contributed by atoms with Crippen LogP contribution in [-0.4, -0.2) is 51.1 Å². The first-order chi connectivity index (χ1) is 10.5. The minimum atomic E-state index is -0.551. The summed E-state index contributed by atoms with van der Waals surface area (Å²) in [7, 11) is 6.21. The molecule has 0 aromatic heterocycles. The monoisotopic (exact) mass is 333 g/mol. The molecule has 0 aromatic rings. The molecule has 0 aromatic carbocycles. The van der Waals surface area contributed by atoms with E-state index in [1.165, 1.54) is 76.5 Å². The van der Waals surface area contributed by atoms with E-state index in [9.17, 15) is 0 Å². The van der Waals surface area contributed by atoms with Crippen LogP contribution >= 0.6 is 8.15 Å². The maximum absolute atomic E-state index is 6.32. The number of unbranched alkanes of at least 4 members (excludes halogenated alkanes) is 8. The summed E-state index contributed by atoms with van der Waals surface area (Å²) < 4.78 is 7.33. The van der Waals surface area contributed by atoms with Gasteiger partial charge in [-0.1, -0.05) is 0 Å². The van der Waals surface area contributed by atoms with Gasteiger partial charge in [0.25, 0.3) is 0 Å². The molecule has 0 aliphatic heterocycles. The van der Waals surface area contributed by atoms with E-state index in [0.717, 1.165) is 17.6 Å². The molecule has 136 valence electrons. The molecule has 3 heteroatoms. The molecule has 0 fully saturated rings. The van der Waals surface area contributed by atoms with E-state index in [2.05, 4.69) is 35.0 Å². The predicted molar refractivity (Wildman–Crippen MR) is 104 cm³/mol. The minimum absolute atomic E-state index is 0.551. The van der Waals surface area contributed by atoms with Crippen LogP contribution in [0.1, 0.15) is 78.1 Å². The number of nitrogens with zero attached hydrogens (tertiary/aromatic N) is 1. The molecular weight excluding hydrogens is 289 g/mol. The Balaban J connectivity index is 3.86. The molecule has 0 heterocycles. The van der Waals surface area contributed by atoms with Crippen molar-refractivity contribution in [2.45, 2.75) is 78.1 Å². The van der Waals surface area contributed by atoms with Crippen molar-refractivity contribution in [2.24, 2.45) is 0 Å².